The van der Waals surface area contributed by atoms with Crippen molar-refractivity contribution < 1.29 is 0 Å². The molecule has 2 atom stereocenters. The van der Waals surface area contributed by atoms with E-state index in [1.807, 2.05) is 6.20 Å². The van der Waals surface area contributed by atoms with Gasteiger partial charge in [-0.2, -0.15) is 0 Å². The van der Waals surface area contributed by atoms with Crippen LogP contribution in [0.3, 0.4) is 0 Å². The van der Waals surface area contributed by atoms with Crippen molar-refractivity contribution in [2.24, 2.45) is 5.92 Å². The molecular formula is C12H17N. The van der Waals surface area contributed by atoms with E-state index in [0.29, 0.717) is 0 Å². The molecule has 0 saturated carbocycles. The fourth-order valence-corrected chi connectivity index (χ4v) is 2.28. The van der Waals surface area contributed by atoms with E-state index in [9.17, 15) is 0 Å². The van der Waals surface area contributed by atoms with Gasteiger partial charge in [0.2, 0.25) is 0 Å². The van der Waals surface area contributed by atoms with E-state index in [1.54, 1.807) is 0 Å². The number of hydrogen-bond donors (Lipinski definition) is 0. The Morgan fingerprint density at radius 1 is 1.62 bits per heavy atom. The summed E-state index contributed by atoms with van der Waals surface area (Å²) in [6.07, 6.45) is 5.74. The van der Waals surface area contributed by atoms with Gasteiger partial charge in [-0.15, -0.1) is 0 Å². The normalized spacial score (nSPS) is 22.8. The molecule has 0 radical (unpaired) electrons. The molecule has 0 fully saturated rings. The fourth-order valence-electron chi connectivity index (χ4n) is 2.28. The van der Waals surface area contributed by atoms with Gasteiger partial charge in [0.05, 0.1) is 0 Å². The van der Waals surface area contributed by atoms with E-state index >= 15 is 0 Å². The predicted octanol–water partition coefficient (Wildman–Crippen LogP) is 3.16. The van der Waals surface area contributed by atoms with Gasteiger partial charge >= 0.3 is 0 Å². The number of rotatable bonds is 2. The Balaban J connectivity index is 2.28. The van der Waals surface area contributed by atoms with Crippen LogP contribution in [0.2, 0.25) is 0 Å². The van der Waals surface area contributed by atoms with Crippen molar-refractivity contribution in [3.8, 4) is 0 Å². The molecule has 0 amide bonds. The van der Waals surface area contributed by atoms with Crippen LogP contribution in [0.25, 0.3) is 0 Å². The maximum Gasteiger partial charge on any atom is 0.0469 e. The minimum absolute atomic E-state index is 0.723. The van der Waals surface area contributed by atoms with E-state index in [-0.39, 0.29) is 0 Å². The largest absolute Gasteiger partial charge is 0.261 e. The first-order valence-corrected chi connectivity index (χ1v) is 5.26. The predicted molar refractivity (Wildman–Crippen MR) is 54.8 cm³/mol. The Morgan fingerprint density at radius 2 is 2.46 bits per heavy atom. The van der Waals surface area contributed by atoms with Crippen molar-refractivity contribution >= 4 is 0 Å². The van der Waals surface area contributed by atoms with Gasteiger partial charge in [0, 0.05) is 17.8 Å². The van der Waals surface area contributed by atoms with Crippen molar-refractivity contribution in [3.05, 3.63) is 29.6 Å². The molecule has 70 valence electrons. The van der Waals surface area contributed by atoms with Crippen LogP contribution in [0.1, 0.15) is 43.9 Å². The number of aromatic nitrogens is 1. The first kappa shape index (κ1) is 8.74. The monoisotopic (exact) mass is 175 g/mol. The Hall–Kier alpha value is -0.850. The van der Waals surface area contributed by atoms with Gasteiger partial charge in [-0.1, -0.05) is 26.3 Å². The van der Waals surface area contributed by atoms with E-state index in [0.717, 1.165) is 11.8 Å². The molecule has 0 N–H and O–H groups in total. The van der Waals surface area contributed by atoms with Crippen molar-refractivity contribution in [1.82, 2.24) is 4.98 Å². The zero-order valence-corrected chi connectivity index (χ0v) is 8.46. The molecule has 1 aromatic heterocycles. The average Bonchev–Trinajstić information content (AvgIpc) is 2.60. The summed E-state index contributed by atoms with van der Waals surface area (Å²) >= 11 is 0. The van der Waals surface area contributed by atoms with E-state index in [2.05, 4.69) is 31.0 Å². The second kappa shape index (κ2) is 3.49. The highest BCUT2D eigenvalue weighted by Crippen LogP contribution is 2.37. The van der Waals surface area contributed by atoms with Crippen LogP contribution in [-0.4, -0.2) is 4.98 Å². The summed E-state index contributed by atoms with van der Waals surface area (Å²) in [7, 11) is 0. The van der Waals surface area contributed by atoms with Gasteiger partial charge in [-0.25, -0.2) is 0 Å². The lowest BCUT2D eigenvalue weighted by Crippen LogP contribution is -2.06. The third-order valence-electron chi connectivity index (χ3n) is 3.33. The molecule has 1 aliphatic rings. The topological polar surface area (TPSA) is 12.9 Å². The van der Waals surface area contributed by atoms with Crippen LogP contribution < -0.4 is 0 Å². The summed E-state index contributed by atoms with van der Waals surface area (Å²) in [4.78, 5) is 4.51. The number of pyridine rings is 1. The Labute approximate surface area is 80.2 Å². The van der Waals surface area contributed by atoms with E-state index in [4.69, 9.17) is 0 Å². The molecule has 0 aliphatic heterocycles. The van der Waals surface area contributed by atoms with Gasteiger partial charge in [0.1, 0.15) is 0 Å². The second-order valence-electron chi connectivity index (χ2n) is 4.08. The molecule has 2 rings (SSSR count). The lowest BCUT2D eigenvalue weighted by Gasteiger charge is -2.17. The summed E-state index contributed by atoms with van der Waals surface area (Å²) < 4.78 is 0. The fraction of sp³-hybridized carbons (Fsp3) is 0.583. The molecule has 13 heavy (non-hydrogen) atoms. The molecule has 1 nitrogen and oxygen atoms in total. The molecular weight excluding hydrogens is 158 g/mol. The Kier molecular flexibility index (Phi) is 2.34. The highest BCUT2D eigenvalue weighted by atomic mass is 14.7. The van der Waals surface area contributed by atoms with E-state index < -0.39 is 0 Å². The van der Waals surface area contributed by atoms with Crippen LogP contribution in [0.5, 0.6) is 0 Å². The molecule has 1 heteroatoms. The number of hydrogen-bond acceptors (Lipinski definition) is 1. The van der Waals surface area contributed by atoms with Crippen LogP contribution in [0, 0.1) is 5.92 Å². The first-order valence-electron chi connectivity index (χ1n) is 5.26. The Bertz CT molecular complexity index is 293. The Morgan fingerprint density at radius 3 is 3.23 bits per heavy atom. The van der Waals surface area contributed by atoms with Gasteiger partial charge in [0.25, 0.3) is 0 Å². The van der Waals surface area contributed by atoms with Crippen molar-refractivity contribution in [3.63, 3.8) is 0 Å². The summed E-state index contributed by atoms with van der Waals surface area (Å²) in [5.74, 6) is 1.51. The lowest BCUT2D eigenvalue weighted by atomic mass is 9.90. The average molecular weight is 175 g/mol. The summed E-state index contributed by atoms with van der Waals surface area (Å²) in [6, 6.07) is 4.28. The van der Waals surface area contributed by atoms with Gasteiger partial charge < -0.3 is 0 Å². The number of aryl methyl sites for hydroxylation is 1. The van der Waals surface area contributed by atoms with Crippen LogP contribution in [-0.2, 0) is 6.42 Å². The van der Waals surface area contributed by atoms with Gasteiger partial charge in [-0.05, 0) is 30.4 Å². The zero-order chi connectivity index (χ0) is 9.26. The number of nitrogens with zero attached hydrogens (tertiary/aromatic N) is 1. The first-order chi connectivity index (χ1) is 6.33. The molecule has 0 aromatic carbocycles. The van der Waals surface area contributed by atoms with Gasteiger partial charge in [-0.3, -0.25) is 4.98 Å². The highest BCUT2D eigenvalue weighted by molar-refractivity contribution is 5.28. The van der Waals surface area contributed by atoms with Crippen LogP contribution in [0.4, 0.5) is 0 Å². The summed E-state index contributed by atoms with van der Waals surface area (Å²) in [5.41, 5.74) is 2.85. The van der Waals surface area contributed by atoms with Gasteiger partial charge in [0.15, 0.2) is 0 Å². The van der Waals surface area contributed by atoms with Crippen LogP contribution in [0.15, 0.2) is 18.3 Å². The second-order valence-corrected chi connectivity index (χ2v) is 4.08. The molecule has 0 spiro atoms. The third-order valence-corrected chi connectivity index (χ3v) is 3.33. The minimum Gasteiger partial charge on any atom is -0.261 e. The van der Waals surface area contributed by atoms with E-state index in [1.165, 1.54) is 30.5 Å². The van der Waals surface area contributed by atoms with Crippen molar-refractivity contribution in [1.29, 1.82) is 0 Å². The quantitative estimate of drug-likeness (QED) is 0.672. The van der Waals surface area contributed by atoms with Crippen molar-refractivity contribution in [2.45, 2.75) is 39.0 Å². The number of fused-ring (bicyclic) bond motifs is 1. The molecule has 0 bridgehead atoms. The molecule has 2 unspecified atom stereocenters. The lowest BCUT2D eigenvalue weighted by molar-refractivity contribution is 0.437. The molecule has 1 aliphatic carbocycles. The highest BCUT2D eigenvalue weighted by Gasteiger charge is 2.26. The maximum absolute atomic E-state index is 4.51. The van der Waals surface area contributed by atoms with Crippen molar-refractivity contribution in [2.75, 3.05) is 0 Å². The molecule has 1 heterocycles. The minimum atomic E-state index is 0.723. The maximum atomic E-state index is 4.51. The molecule has 0 saturated heterocycles. The zero-order valence-electron chi connectivity index (χ0n) is 8.46. The molecule has 1 aromatic rings. The summed E-state index contributed by atoms with van der Waals surface area (Å²) in [5, 5.41) is 0. The SMILES string of the molecule is CCC(C)C1CCc2cccnc21. The third kappa shape index (κ3) is 1.48. The van der Waals surface area contributed by atoms with Crippen LogP contribution >= 0.6 is 0 Å². The smallest absolute Gasteiger partial charge is 0.0469 e. The standard InChI is InChI=1S/C12H17N/c1-3-9(2)11-7-6-10-5-4-8-13-12(10)11/h4-5,8-9,11H,3,6-7H2,1-2H3. The summed E-state index contributed by atoms with van der Waals surface area (Å²) in [6.45, 7) is 4.61.